The second-order valence-corrected chi connectivity index (χ2v) is 7.05. The maximum Gasteiger partial charge on any atom is 2.00 e. The van der Waals surface area contributed by atoms with E-state index in [9.17, 15) is 25.2 Å². The van der Waals surface area contributed by atoms with Gasteiger partial charge in [-0.25, -0.2) is 9.13 Å². The standard InChI is InChI=1S/C11H14N2.C5H5.F6P.Fe/c1-2-12-7-8-13(10-12)9-11-5-3-4-6-11;1-2-4-5-3-1;1-7(2,3,4,5)6;/h3-8,10H,2,9H2,1H3;1-5H;;/q+1;;-1;+2. The summed E-state index contributed by atoms with van der Waals surface area (Å²) in [6.45, 7) is 4.15. The van der Waals surface area contributed by atoms with Crippen molar-refractivity contribution in [2.45, 2.75) is 20.0 Å². The van der Waals surface area contributed by atoms with Crippen LogP contribution < -0.4 is 4.57 Å². The number of aryl methyl sites for hydroxylation is 1. The Balaban J connectivity index is 0.000000408. The van der Waals surface area contributed by atoms with Crippen molar-refractivity contribution in [3.05, 3.63) is 82.4 Å². The van der Waals surface area contributed by atoms with E-state index in [0.29, 0.717) is 0 Å². The van der Waals surface area contributed by atoms with Crippen LogP contribution in [0.2, 0.25) is 0 Å². The van der Waals surface area contributed by atoms with Crippen LogP contribution in [0.4, 0.5) is 25.2 Å². The number of hydrogen-bond acceptors (Lipinski definition) is 0. The molecule has 0 amide bonds. The molecule has 26 heavy (non-hydrogen) atoms. The van der Waals surface area contributed by atoms with Crippen LogP contribution in [0.25, 0.3) is 0 Å². The van der Waals surface area contributed by atoms with Crippen molar-refractivity contribution in [1.29, 1.82) is 0 Å². The zero-order valence-corrected chi connectivity index (χ0v) is 15.8. The minimum Gasteiger partial charge on any atom is -0.0312 e. The molecule has 2 fully saturated rings. The smallest absolute Gasteiger partial charge is 0.0312 e. The molecule has 10 radical (unpaired) electrons. The number of rotatable bonds is 3. The molecule has 146 valence electrons. The molecule has 0 N–H and O–H groups in total. The van der Waals surface area contributed by atoms with Gasteiger partial charge in [0.05, 0.1) is 13.1 Å². The van der Waals surface area contributed by atoms with E-state index < -0.39 is 7.81 Å². The summed E-state index contributed by atoms with van der Waals surface area (Å²) in [5.74, 6) is 1.36. The van der Waals surface area contributed by atoms with Gasteiger partial charge in [-0.15, -0.1) is 0 Å². The molecule has 1 heterocycles. The molecule has 0 saturated heterocycles. The van der Waals surface area contributed by atoms with Crippen LogP contribution >= 0.6 is 7.81 Å². The van der Waals surface area contributed by atoms with E-state index >= 15 is 0 Å². The van der Waals surface area contributed by atoms with E-state index in [1.807, 2.05) is 32.1 Å². The van der Waals surface area contributed by atoms with Gasteiger partial charge in [0.25, 0.3) is 0 Å². The molecule has 3 rings (SSSR count). The zero-order valence-electron chi connectivity index (χ0n) is 13.8. The van der Waals surface area contributed by atoms with E-state index in [1.165, 1.54) is 5.92 Å². The first-order valence-electron chi connectivity index (χ1n) is 7.32. The van der Waals surface area contributed by atoms with E-state index in [-0.39, 0.29) is 17.1 Å². The molecule has 10 heteroatoms. The summed E-state index contributed by atoms with van der Waals surface area (Å²) >= 11 is 0. The molecule has 0 aromatic carbocycles. The number of hydrogen-bond donors (Lipinski definition) is 0. The van der Waals surface area contributed by atoms with Crippen molar-refractivity contribution in [2.75, 3.05) is 0 Å². The van der Waals surface area contributed by atoms with Crippen molar-refractivity contribution in [1.82, 2.24) is 4.57 Å². The fraction of sp³-hybridized carbons (Fsp3) is 0.188. The first kappa shape index (κ1) is 25.7. The molecular formula is C16H19F6FeN2P+2. The second kappa shape index (κ2) is 9.79. The van der Waals surface area contributed by atoms with Gasteiger partial charge in [-0.1, -0.05) is 0 Å². The SMILES string of the molecule is CCn1cc[n+](C[C]2[CH][CH][CH][CH]2)c1.F[P-](F)(F)(F)(F)F.[CH]1[CH][CH][CH][CH]1.[Fe+2]. The topological polar surface area (TPSA) is 8.81 Å². The number of nitrogens with zero attached hydrogens (tertiary/aromatic N) is 2. The van der Waals surface area contributed by atoms with Crippen LogP contribution in [0.5, 0.6) is 0 Å². The van der Waals surface area contributed by atoms with Gasteiger partial charge in [0.15, 0.2) is 0 Å². The van der Waals surface area contributed by atoms with Crippen LogP contribution in [-0.4, -0.2) is 4.57 Å². The Morgan fingerprint density at radius 2 is 1.27 bits per heavy atom. The Bertz CT molecular complexity index is 488. The van der Waals surface area contributed by atoms with Crippen molar-refractivity contribution < 1.29 is 46.8 Å². The zero-order chi connectivity index (χ0) is 19.0. The third-order valence-electron chi connectivity index (χ3n) is 2.76. The van der Waals surface area contributed by atoms with E-state index in [4.69, 9.17) is 0 Å². The Kier molecular flexibility index (Phi) is 9.69. The van der Waals surface area contributed by atoms with Crippen LogP contribution in [0.3, 0.4) is 0 Å². The molecule has 2 aliphatic rings. The molecule has 0 atom stereocenters. The third kappa shape index (κ3) is 17.2. The van der Waals surface area contributed by atoms with Gasteiger partial charge >= 0.3 is 50.1 Å². The quantitative estimate of drug-likeness (QED) is 0.251. The van der Waals surface area contributed by atoms with E-state index in [2.05, 4.69) is 60.5 Å². The van der Waals surface area contributed by atoms with Crippen LogP contribution in [0, 0.1) is 63.7 Å². The molecule has 0 spiro atoms. The van der Waals surface area contributed by atoms with Crippen LogP contribution in [0.1, 0.15) is 6.92 Å². The van der Waals surface area contributed by atoms with Gasteiger partial charge < -0.3 is 0 Å². The Hall–Kier alpha value is -0.261. The fourth-order valence-corrected chi connectivity index (χ4v) is 1.77. The minimum absolute atomic E-state index is 0. The summed E-state index contributed by atoms with van der Waals surface area (Å²) in [6, 6.07) is 0. The van der Waals surface area contributed by atoms with Crippen LogP contribution in [-0.2, 0) is 30.2 Å². The maximum absolute atomic E-state index is 10.7. The molecule has 2 nitrogen and oxygen atoms in total. The monoisotopic (exact) mass is 440 g/mol. The summed E-state index contributed by atoms with van der Waals surface area (Å²) in [5, 5.41) is 0. The molecule has 1 aromatic heterocycles. The van der Waals surface area contributed by atoms with Gasteiger partial charge in [0.2, 0.25) is 6.33 Å². The summed E-state index contributed by atoms with van der Waals surface area (Å²) in [7, 11) is -10.7. The van der Waals surface area contributed by atoms with E-state index in [1.54, 1.807) is 0 Å². The van der Waals surface area contributed by atoms with Gasteiger partial charge in [-0.3, -0.25) is 0 Å². The number of halogens is 6. The van der Waals surface area contributed by atoms with E-state index in [0.717, 1.165) is 13.1 Å². The fourth-order valence-electron chi connectivity index (χ4n) is 1.77. The molecule has 1 aromatic rings. The normalized spacial score (nSPS) is 20.0. The number of imidazole rings is 1. The van der Waals surface area contributed by atoms with Crippen molar-refractivity contribution in [3.8, 4) is 0 Å². The van der Waals surface area contributed by atoms with Crippen molar-refractivity contribution >= 4 is 7.81 Å². The van der Waals surface area contributed by atoms with Crippen molar-refractivity contribution in [3.63, 3.8) is 0 Å². The second-order valence-electron chi connectivity index (χ2n) is 5.13. The molecular weight excluding hydrogens is 421 g/mol. The van der Waals surface area contributed by atoms with Gasteiger partial charge in [-0.05, 0) is 64.7 Å². The first-order valence-corrected chi connectivity index (χ1v) is 9.35. The predicted octanol–water partition coefficient (Wildman–Crippen LogP) is 5.60. The number of aromatic nitrogens is 2. The Morgan fingerprint density at radius 1 is 0.846 bits per heavy atom. The maximum atomic E-state index is 9.87. The van der Waals surface area contributed by atoms with Crippen LogP contribution in [0.15, 0.2) is 18.7 Å². The molecule has 0 bridgehead atoms. The molecule has 0 unspecified atom stereocenters. The Labute approximate surface area is 162 Å². The van der Waals surface area contributed by atoms with Crippen molar-refractivity contribution in [2.24, 2.45) is 0 Å². The average Bonchev–Trinajstić information content (AvgIpc) is 3.21. The van der Waals surface area contributed by atoms with Gasteiger partial charge in [0.1, 0.15) is 12.4 Å². The molecule has 2 aliphatic carbocycles. The summed E-state index contributed by atoms with van der Waals surface area (Å²) in [4.78, 5) is 0. The minimum atomic E-state index is -10.7. The predicted molar refractivity (Wildman–Crippen MR) is 85.8 cm³/mol. The first-order chi connectivity index (χ1) is 11.3. The summed E-state index contributed by atoms with van der Waals surface area (Å²) < 4.78 is 63.6. The van der Waals surface area contributed by atoms with Gasteiger partial charge in [0, 0.05) is 5.92 Å². The summed E-state index contributed by atoms with van der Waals surface area (Å²) in [6.07, 6.45) is 24.8. The molecule has 2 saturated carbocycles. The molecule has 0 aliphatic heterocycles. The Morgan fingerprint density at radius 3 is 1.62 bits per heavy atom. The average molecular weight is 440 g/mol. The summed E-state index contributed by atoms with van der Waals surface area (Å²) in [5.41, 5.74) is 0. The third-order valence-corrected chi connectivity index (χ3v) is 2.76. The van der Waals surface area contributed by atoms with Gasteiger partial charge in [-0.2, -0.15) is 0 Å². The largest absolute Gasteiger partial charge is 2.00 e.